The van der Waals surface area contributed by atoms with Gasteiger partial charge in [0, 0.05) is 18.2 Å². The Morgan fingerprint density at radius 2 is 2.10 bits per heavy atom. The lowest BCUT2D eigenvalue weighted by atomic mass is 9.83. The molecular weight excluding hydrogens is 248 g/mol. The van der Waals surface area contributed by atoms with Crippen LogP contribution in [0.5, 0.6) is 0 Å². The Labute approximate surface area is 121 Å². The summed E-state index contributed by atoms with van der Waals surface area (Å²) in [6.07, 6.45) is 6.10. The number of carbonyl (C=O) groups is 1. The molecule has 0 bridgehead atoms. The lowest BCUT2D eigenvalue weighted by Crippen LogP contribution is -2.35. The van der Waals surface area contributed by atoms with Crippen molar-refractivity contribution in [3.8, 4) is 0 Å². The van der Waals surface area contributed by atoms with E-state index < -0.39 is 0 Å². The van der Waals surface area contributed by atoms with Gasteiger partial charge in [-0.25, -0.2) is 0 Å². The van der Waals surface area contributed by atoms with E-state index in [-0.39, 0.29) is 11.9 Å². The van der Waals surface area contributed by atoms with E-state index in [2.05, 4.69) is 31.3 Å². The van der Waals surface area contributed by atoms with Gasteiger partial charge >= 0.3 is 0 Å². The third-order valence-corrected chi connectivity index (χ3v) is 4.43. The van der Waals surface area contributed by atoms with Crippen LogP contribution in [-0.4, -0.2) is 11.9 Å². The van der Waals surface area contributed by atoms with Crippen molar-refractivity contribution in [1.82, 2.24) is 0 Å². The monoisotopic (exact) mass is 274 g/mol. The second kappa shape index (κ2) is 6.89. The summed E-state index contributed by atoms with van der Waals surface area (Å²) in [6, 6.07) is 6.32. The van der Waals surface area contributed by atoms with E-state index in [1.807, 2.05) is 6.07 Å². The third-order valence-electron chi connectivity index (χ3n) is 4.43. The van der Waals surface area contributed by atoms with E-state index in [0.29, 0.717) is 12.3 Å². The number of benzene rings is 1. The van der Waals surface area contributed by atoms with Gasteiger partial charge in [0.1, 0.15) is 0 Å². The van der Waals surface area contributed by atoms with Gasteiger partial charge in [0.05, 0.1) is 0 Å². The Balaban J connectivity index is 1.94. The molecule has 1 aromatic rings. The Hall–Kier alpha value is -1.35. The van der Waals surface area contributed by atoms with Crippen LogP contribution in [0.25, 0.3) is 0 Å². The van der Waals surface area contributed by atoms with Crippen molar-refractivity contribution in [2.24, 2.45) is 11.7 Å². The van der Waals surface area contributed by atoms with Gasteiger partial charge in [-0.15, -0.1) is 0 Å². The molecule has 0 aromatic heterocycles. The molecule has 1 saturated carbocycles. The molecule has 20 heavy (non-hydrogen) atoms. The van der Waals surface area contributed by atoms with Crippen LogP contribution >= 0.6 is 0 Å². The van der Waals surface area contributed by atoms with Gasteiger partial charge in [-0.05, 0) is 55.4 Å². The summed E-state index contributed by atoms with van der Waals surface area (Å²) in [4.78, 5) is 12.1. The molecule has 3 N–H and O–H groups in total. The molecule has 0 aliphatic heterocycles. The highest BCUT2D eigenvalue weighted by molar-refractivity contribution is 5.91. The van der Waals surface area contributed by atoms with Crippen LogP contribution in [0.2, 0.25) is 0 Å². The van der Waals surface area contributed by atoms with Crippen LogP contribution in [0.15, 0.2) is 18.2 Å². The smallest absolute Gasteiger partial charge is 0.224 e. The fourth-order valence-corrected chi connectivity index (χ4v) is 3.07. The molecule has 1 amide bonds. The molecule has 1 aliphatic carbocycles. The molecule has 1 fully saturated rings. The highest BCUT2D eigenvalue weighted by atomic mass is 16.1. The minimum absolute atomic E-state index is 0.0956. The van der Waals surface area contributed by atoms with Crippen molar-refractivity contribution in [3.63, 3.8) is 0 Å². The van der Waals surface area contributed by atoms with Crippen molar-refractivity contribution in [2.45, 2.75) is 58.4 Å². The van der Waals surface area contributed by atoms with Gasteiger partial charge in [-0.1, -0.05) is 25.8 Å². The van der Waals surface area contributed by atoms with Crippen molar-refractivity contribution < 1.29 is 4.79 Å². The zero-order chi connectivity index (χ0) is 14.5. The first kappa shape index (κ1) is 15.0. The highest BCUT2D eigenvalue weighted by Gasteiger charge is 2.24. The maximum absolute atomic E-state index is 12.1. The normalized spacial score (nSPS) is 22.6. The molecule has 1 aliphatic rings. The zero-order valence-electron chi connectivity index (χ0n) is 12.6. The summed E-state index contributed by atoms with van der Waals surface area (Å²) in [5, 5.41) is 3.02. The van der Waals surface area contributed by atoms with E-state index in [9.17, 15) is 4.79 Å². The molecule has 3 nitrogen and oxygen atoms in total. The first-order valence-electron chi connectivity index (χ1n) is 7.75. The van der Waals surface area contributed by atoms with Crippen LogP contribution in [0.3, 0.4) is 0 Å². The maximum atomic E-state index is 12.1. The largest absolute Gasteiger partial charge is 0.327 e. The number of rotatable bonds is 4. The number of aryl methyl sites for hydroxylation is 2. The number of carbonyl (C=O) groups excluding carboxylic acids is 1. The highest BCUT2D eigenvalue weighted by Crippen LogP contribution is 2.26. The number of amides is 1. The molecule has 110 valence electrons. The minimum atomic E-state index is 0.0956. The third kappa shape index (κ3) is 3.83. The van der Waals surface area contributed by atoms with Gasteiger partial charge in [0.2, 0.25) is 5.91 Å². The van der Waals surface area contributed by atoms with E-state index in [1.54, 1.807) is 0 Å². The lowest BCUT2D eigenvalue weighted by molar-refractivity contribution is -0.117. The van der Waals surface area contributed by atoms with E-state index in [0.717, 1.165) is 24.9 Å². The molecule has 0 spiro atoms. The van der Waals surface area contributed by atoms with Gasteiger partial charge in [-0.3, -0.25) is 4.79 Å². The predicted molar refractivity (Wildman–Crippen MR) is 83.7 cm³/mol. The van der Waals surface area contributed by atoms with E-state index in [4.69, 9.17) is 5.73 Å². The molecule has 0 saturated heterocycles. The Morgan fingerprint density at radius 3 is 2.80 bits per heavy atom. The van der Waals surface area contributed by atoms with Crippen molar-refractivity contribution in [2.75, 3.05) is 5.32 Å². The Kier molecular flexibility index (Phi) is 5.18. The zero-order valence-corrected chi connectivity index (χ0v) is 12.6. The molecule has 2 atom stereocenters. The fraction of sp³-hybridized carbons (Fsp3) is 0.588. The molecular formula is C17H26N2O. The van der Waals surface area contributed by atoms with Crippen LogP contribution < -0.4 is 11.1 Å². The van der Waals surface area contributed by atoms with Gasteiger partial charge in [0.25, 0.3) is 0 Å². The second-order valence-corrected chi connectivity index (χ2v) is 5.96. The van der Waals surface area contributed by atoms with Crippen LogP contribution in [-0.2, 0) is 11.2 Å². The topological polar surface area (TPSA) is 55.1 Å². The van der Waals surface area contributed by atoms with E-state index in [1.165, 1.54) is 24.0 Å². The minimum Gasteiger partial charge on any atom is -0.327 e. The summed E-state index contributed by atoms with van der Waals surface area (Å²) in [7, 11) is 0. The van der Waals surface area contributed by atoms with E-state index >= 15 is 0 Å². The number of anilines is 1. The van der Waals surface area contributed by atoms with Crippen molar-refractivity contribution >= 4 is 11.6 Å². The summed E-state index contributed by atoms with van der Waals surface area (Å²) in [5.41, 5.74) is 9.58. The summed E-state index contributed by atoms with van der Waals surface area (Å²) >= 11 is 0. The summed E-state index contributed by atoms with van der Waals surface area (Å²) in [6.45, 7) is 4.24. The molecule has 2 unspecified atom stereocenters. The number of hydrogen-bond acceptors (Lipinski definition) is 2. The Morgan fingerprint density at radius 1 is 1.35 bits per heavy atom. The molecule has 3 heteroatoms. The average molecular weight is 274 g/mol. The molecule has 2 rings (SSSR count). The maximum Gasteiger partial charge on any atom is 0.224 e. The van der Waals surface area contributed by atoms with Crippen LogP contribution in [0.4, 0.5) is 5.69 Å². The Bertz CT molecular complexity index is 470. The average Bonchev–Trinajstić information content (AvgIpc) is 2.43. The van der Waals surface area contributed by atoms with Crippen molar-refractivity contribution in [3.05, 3.63) is 29.3 Å². The van der Waals surface area contributed by atoms with Gasteiger partial charge in [0.15, 0.2) is 0 Å². The van der Waals surface area contributed by atoms with Crippen LogP contribution in [0.1, 0.15) is 50.2 Å². The first-order valence-corrected chi connectivity index (χ1v) is 7.75. The SMILES string of the molecule is CCc1cc(NC(=O)CC2CCCCC2N)ccc1C. The number of nitrogens with two attached hydrogens (primary N) is 1. The van der Waals surface area contributed by atoms with Crippen molar-refractivity contribution in [1.29, 1.82) is 0 Å². The summed E-state index contributed by atoms with van der Waals surface area (Å²) < 4.78 is 0. The summed E-state index contributed by atoms with van der Waals surface area (Å²) in [5.74, 6) is 0.443. The van der Waals surface area contributed by atoms with Gasteiger partial charge in [-0.2, -0.15) is 0 Å². The van der Waals surface area contributed by atoms with Gasteiger partial charge < -0.3 is 11.1 Å². The lowest BCUT2D eigenvalue weighted by Gasteiger charge is -2.28. The molecule has 0 radical (unpaired) electrons. The molecule has 1 aromatic carbocycles. The number of nitrogens with one attached hydrogen (secondary N) is 1. The first-order chi connectivity index (χ1) is 9.60. The van der Waals surface area contributed by atoms with Crippen LogP contribution in [0, 0.1) is 12.8 Å². The second-order valence-electron chi connectivity index (χ2n) is 5.96. The quantitative estimate of drug-likeness (QED) is 0.884. The fourth-order valence-electron chi connectivity index (χ4n) is 3.07. The predicted octanol–water partition coefficient (Wildman–Crippen LogP) is 3.40. The standard InChI is InChI=1S/C17H26N2O/c1-3-13-10-15(9-8-12(13)2)19-17(20)11-14-6-4-5-7-16(14)18/h8-10,14,16H,3-7,11,18H2,1-2H3,(H,19,20). The number of hydrogen-bond donors (Lipinski definition) is 2. The molecule has 0 heterocycles.